The first-order valence-corrected chi connectivity index (χ1v) is 11.5. The Morgan fingerprint density at radius 1 is 1.00 bits per heavy atom. The molecule has 1 amide bonds. The highest BCUT2D eigenvalue weighted by molar-refractivity contribution is 5.93. The number of ether oxygens (including phenoxy) is 2. The number of nitrogens with zero attached hydrogens (tertiary/aromatic N) is 3. The second-order valence-electron chi connectivity index (χ2n) is 8.51. The number of methoxy groups -OCH3 is 1. The van der Waals surface area contributed by atoms with Gasteiger partial charge in [-0.05, 0) is 54.1 Å². The van der Waals surface area contributed by atoms with E-state index in [4.69, 9.17) is 14.6 Å². The van der Waals surface area contributed by atoms with Crippen molar-refractivity contribution in [2.24, 2.45) is 0 Å². The molecule has 8 nitrogen and oxygen atoms in total. The highest BCUT2D eigenvalue weighted by atomic mass is 19.1. The van der Waals surface area contributed by atoms with Crippen LogP contribution in [0.15, 0.2) is 72.8 Å². The Balaban J connectivity index is 1.92. The summed E-state index contributed by atoms with van der Waals surface area (Å²) < 4.78 is 25.7. The summed E-state index contributed by atoms with van der Waals surface area (Å²) in [5.41, 5.74) is 4.72. The third-order valence-electron chi connectivity index (χ3n) is 5.52. The van der Waals surface area contributed by atoms with Gasteiger partial charge in [0, 0.05) is 45.1 Å². The van der Waals surface area contributed by atoms with E-state index in [2.05, 4.69) is 5.32 Å². The number of aromatic nitrogens is 2. The van der Waals surface area contributed by atoms with Crippen molar-refractivity contribution in [1.29, 1.82) is 0 Å². The van der Waals surface area contributed by atoms with Gasteiger partial charge in [0.25, 0.3) is 0 Å². The molecule has 37 heavy (non-hydrogen) atoms. The Kier molecular flexibility index (Phi) is 7.64. The second kappa shape index (κ2) is 11.0. The van der Waals surface area contributed by atoms with Gasteiger partial charge in [-0.15, -0.1) is 0 Å². The monoisotopic (exact) mass is 502 g/mol. The topological polar surface area (TPSA) is 85.7 Å². The van der Waals surface area contributed by atoms with Crippen molar-refractivity contribution in [1.82, 2.24) is 9.78 Å². The summed E-state index contributed by atoms with van der Waals surface area (Å²) in [7, 11) is 5.33. The number of benzene rings is 3. The Hall–Kier alpha value is -4.50. The molecule has 3 aromatic carbocycles. The van der Waals surface area contributed by atoms with E-state index in [1.165, 1.54) is 30.8 Å². The quantitative estimate of drug-likeness (QED) is 0.344. The number of nitrogens with one attached hydrogen (secondary N) is 1. The van der Waals surface area contributed by atoms with Crippen molar-refractivity contribution < 1.29 is 23.5 Å². The zero-order valence-corrected chi connectivity index (χ0v) is 21.0. The maximum atomic E-state index is 13.7. The van der Waals surface area contributed by atoms with Crippen LogP contribution in [0.5, 0.6) is 5.88 Å². The van der Waals surface area contributed by atoms with Gasteiger partial charge in [0.1, 0.15) is 18.1 Å². The molecule has 9 heteroatoms. The van der Waals surface area contributed by atoms with Crippen LogP contribution in [0.1, 0.15) is 6.92 Å². The number of amides is 1. The molecule has 0 fully saturated rings. The normalized spacial score (nSPS) is 10.7. The fourth-order valence-corrected chi connectivity index (χ4v) is 3.83. The van der Waals surface area contributed by atoms with Gasteiger partial charge < -0.3 is 19.7 Å². The maximum Gasteiger partial charge on any atom is 0.309 e. The number of halogens is 1. The van der Waals surface area contributed by atoms with Crippen LogP contribution >= 0.6 is 0 Å². The number of esters is 1. The minimum Gasteiger partial charge on any atom is -0.407 e. The number of carbonyl (C=O) groups is 2. The predicted octanol–water partition coefficient (Wildman–Crippen LogP) is 4.92. The first-order chi connectivity index (χ1) is 17.8. The lowest BCUT2D eigenvalue weighted by molar-refractivity contribution is -0.132. The molecule has 0 radical (unpaired) electrons. The van der Waals surface area contributed by atoms with E-state index < -0.39 is 11.8 Å². The second-order valence-corrected chi connectivity index (χ2v) is 8.51. The number of carbonyl (C=O) groups excluding carboxylic acids is 2. The van der Waals surface area contributed by atoms with E-state index in [9.17, 15) is 14.0 Å². The molecular weight excluding hydrogens is 475 g/mol. The fraction of sp³-hybridized carbons (Fsp3) is 0.179. The van der Waals surface area contributed by atoms with E-state index in [-0.39, 0.29) is 18.4 Å². The summed E-state index contributed by atoms with van der Waals surface area (Å²) >= 11 is 0. The molecule has 4 rings (SSSR count). The highest BCUT2D eigenvalue weighted by Gasteiger charge is 2.25. The van der Waals surface area contributed by atoms with Crippen LogP contribution in [0.25, 0.3) is 28.1 Å². The average molecular weight is 503 g/mol. The zero-order chi connectivity index (χ0) is 26.5. The molecule has 1 aromatic heterocycles. The predicted molar refractivity (Wildman–Crippen MR) is 141 cm³/mol. The number of hydrogen-bond donors (Lipinski definition) is 1. The van der Waals surface area contributed by atoms with Crippen molar-refractivity contribution in [2.75, 3.05) is 38.0 Å². The summed E-state index contributed by atoms with van der Waals surface area (Å²) in [6.45, 7) is 1.25. The summed E-state index contributed by atoms with van der Waals surface area (Å²) in [4.78, 5) is 26.1. The Labute approximate surface area is 214 Å². The van der Waals surface area contributed by atoms with Crippen LogP contribution in [0.4, 0.5) is 15.8 Å². The van der Waals surface area contributed by atoms with Crippen molar-refractivity contribution in [3.8, 4) is 34.0 Å². The molecule has 0 unspecified atom stereocenters. The van der Waals surface area contributed by atoms with E-state index in [1.807, 2.05) is 43.3 Å². The molecule has 0 bridgehead atoms. The lowest BCUT2D eigenvalue weighted by atomic mass is 10.0. The number of anilines is 2. The summed E-state index contributed by atoms with van der Waals surface area (Å²) in [5, 5.41) is 7.58. The third kappa shape index (κ3) is 5.84. The lowest BCUT2D eigenvalue weighted by Crippen LogP contribution is -2.16. The highest BCUT2D eigenvalue weighted by Crippen LogP contribution is 2.41. The van der Waals surface area contributed by atoms with Crippen LogP contribution < -0.4 is 15.0 Å². The molecule has 1 N–H and O–H groups in total. The van der Waals surface area contributed by atoms with E-state index in [1.54, 1.807) is 36.4 Å². The standard InChI is InChI=1S/C28H27FN4O4/c1-18(34)37-28-26(19-8-12-22(13-9-19)30-25(35)17-36-4)27(20-6-5-7-24(16-20)32(2)3)31-33(28)23-14-10-21(29)11-15-23/h5-16H,17H2,1-4H3,(H,30,35). The van der Waals surface area contributed by atoms with E-state index >= 15 is 0 Å². The molecule has 0 spiro atoms. The molecular formula is C28H27FN4O4. The summed E-state index contributed by atoms with van der Waals surface area (Å²) in [6.07, 6.45) is 0. The minimum atomic E-state index is -0.526. The van der Waals surface area contributed by atoms with Gasteiger partial charge in [0.2, 0.25) is 11.8 Å². The molecule has 0 aliphatic carbocycles. The van der Waals surface area contributed by atoms with Gasteiger partial charge in [0.15, 0.2) is 0 Å². The SMILES string of the molecule is COCC(=O)Nc1ccc(-c2c(-c3cccc(N(C)C)c3)nn(-c3ccc(F)cc3)c2OC(C)=O)cc1. The smallest absolute Gasteiger partial charge is 0.309 e. The summed E-state index contributed by atoms with van der Waals surface area (Å²) in [6, 6.07) is 20.7. The lowest BCUT2D eigenvalue weighted by Gasteiger charge is -2.13. The van der Waals surface area contributed by atoms with E-state index in [0.29, 0.717) is 28.2 Å². The third-order valence-corrected chi connectivity index (χ3v) is 5.52. The Morgan fingerprint density at radius 2 is 1.70 bits per heavy atom. The van der Waals surface area contributed by atoms with Crippen LogP contribution in [0.3, 0.4) is 0 Å². The van der Waals surface area contributed by atoms with Gasteiger partial charge in [-0.3, -0.25) is 9.59 Å². The van der Waals surface area contributed by atoms with E-state index in [0.717, 1.165) is 11.3 Å². The van der Waals surface area contributed by atoms with Gasteiger partial charge in [-0.1, -0.05) is 24.3 Å². The molecule has 0 aliphatic heterocycles. The minimum absolute atomic E-state index is 0.0604. The molecule has 1 heterocycles. The average Bonchev–Trinajstić information content (AvgIpc) is 3.23. The van der Waals surface area contributed by atoms with Gasteiger partial charge in [-0.2, -0.15) is 9.78 Å². The van der Waals surface area contributed by atoms with Crippen LogP contribution in [0.2, 0.25) is 0 Å². The molecule has 0 saturated carbocycles. The number of rotatable bonds is 8. The van der Waals surface area contributed by atoms with Gasteiger partial charge in [-0.25, -0.2) is 4.39 Å². The largest absolute Gasteiger partial charge is 0.407 e. The van der Waals surface area contributed by atoms with Crippen molar-refractivity contribution in [3.63, 3.8) is 0 Å². The molecule has 0 saturated heterocycles. The van der Waals surface area contributed by atoms with Gasteiger partial charge in [0.05, 0.1) is 11.3 Å². The maximum absolute atomic E-state index is 13.7. The molecule has 190 valence electrons. The zero-order valence-electron chi connectivity index (χ0n) is 21.0. The van der Waals surface area contributed by atoms with Crippen LogP contribution in [-0.4, -0.2) is 49.5 Å². The molecule has 0 aliphatic rings. The van der Waals surface area contributed by atoms with Crippen LogP contribution in [0, 0.1) is 5.82 Å². The fourth-order valence-electron chi connectivity index (χ4n) is 3.83. The molecule has 0 atom stereocenters. The summed E-state index contributed by atoms with van der Waals surface area (Å²) in [5.74, 6) is -1.00. The molecule has 4 aromatic rings. The van der Waals surface area contributed by atoms with Crippen molar-refractivity contribution in [3.05, 3.63) is 78.6 Å². The van der Waals surface area contributed by atoms with Crippen molar-refractivity contribution >= 4 is 23.3 Å². The first kappa shape index (κ1) is 25.6. The van der Waals surface area contributed by atoms with Crippen molar-refractivity contribution in [2.45, 2.75) is 6.92 Å². The van der Waals surface area contributed by atoms with Crippen LogP contribution in [-0.2, 0) is 14.3 Å². The Morgan fingerprint density at radius 3 is 2.32 bits per heavy atom. The first-order valence-electron chi connectivity index (χ1n) is 11.5. The van der Waals surface area contributed by atoms with Gasteiger partial charge >= 0.3 is 5.97 Å². The Bertz CT molecular complexity index is 1410. The number of hydrogen-bond acceptors (Lipinski definition) is 6.